The highest BCUT2D eigenvalue weighted by Crippen LogP contribution is 2.28. The number of rotatable bonds is 4. The van der Waals surface area contributed by atoms with Gasteiger partial charge in [0.2, 0.25) is 0 Å². The summed E-state index contributed by atoms with van der Waals surface area (Å²) >= 11 is 0. The van der Waals surface area contributed by atoms with Crippen molar-refractivity contribution in [1.29, 1.82) is 0 Å². The number of hydrogen-bond acceptors (Lipinski definition) is 4. The second kappa shape index (κ2) is 7.61. The summed E-state index contributed by atoms with van der Waals surface area (Å²) in [5.41, 5.74) is 3.97. The van der Waals surface area contributed by atoms with E-state index < -0.39 is 0 Å². The molecular formula is C21H22N4O2. The molecule has 1 atom stereocenters. The van der Waals surface area contributed by atoms with Gasteiger partial charge in [0.25, 0.3) is 0 Å². The first-order valence-corrected chi connectivity index (χ1v) is 9.23. The van der Waals surface area contributed by atoms with Gasteiger partial charge < -0.3 is 14.6 Å². The minimum atomic E-state index is -0.243. The van der Waals surface area contributed by atoms with Crippen molar-refractivity contribution in [2.45, 2.75) is 19.3 Å². The van der Waals surface area contributed by atoms with Gasteiger partial charge in [0.1, 0.15) is 5.82 Å². The van der Waals surface area contributed by atoms with E-state index in [4.69, 9.17) is 4.74 Å². The standard InChI is InChI=1S/C21H22N4O2/c1-2-27-21(26)25-11-10-17(14-25)20-23-13-19(24-20)16-8-9-18(22-12-16)15-6-4-3-5-7-15/h3-9,12-13,17H,2,10-11,14H2,1H3,(H,23,24). The van der Waals surface area contributed by atoms with Crippen LogP contribution in [0.5, 0.6) is 0 Å². The highest BCUT2D eigenvalue weighted by molar-refractivity contribution is 5.68. The van der Waals surface area contributed by atoms with Crippen molar-refractivity contribution in [2.75, 3.05) is 19.7 Å². The number of amides is 1. The smallest absolute Gasteiger partial charge is 0.409 e. The van der Waals surface area contributed by atoms with Gasteiger partial charge in [-0.1, -0.05) is 30.3 Å². The summed E-state index contributed by atoms with van der Waals surface area (Å²) in [6.07, 6.45) is 4.34. The SMILES string of the molecule is CCOC(=O)N1CCC(c2ncc(-c3ccc(-c4ccccc4)nc3)[nH]2)C1. The zero-order valence-electron chi connectivity index (χ0n) is 15.3. The fourth-order valence-electron chi connectivity index (χ4n) is 3.39. The third-order valence-corrected chi connectivity index (χ3v) is 4.84. The van der Waals surface area contributed by atoms with Gasteiger partial charge in [-0.15, -0.1) is 0 Å². The molecule has 0 spiro atoms. The molecule has 3 aromatic rings. The lowest BCUT2D eigenvalue weighted by Gasteiger charge is -2.14. The number of benzene rings is 1. The van der Waals surface area contributed by atoms with Crippen LogP contribution >= 0.6 is 0 Å². The van der Waals surface area contributed by atoms with Crippen LogP contribution in [0.1, 0.15) is 25.1 Å². The van der Waals surface area contributed by atoms with Gasteiger partial charge in [-0.2, -0.15) is 0 Å². The number of likely N-dealkylation sites (tertiary alicyclic amines) is 1. The molecule has 27 heavy (non-hydrogen) atoms. The number of imidazole rings is 1. The van der Waals surface area contributed by atoms with Crippen LogP contribution in [0.2, 0.25) is 0 Å². The number of aromatic nitrogens is 3. The van der Waals surface area contributed by atoms with Crippen LogP contribution in [0.3, 0.4) is 0 Å². The van der Waals surface area contributed by atoms with E-state index in [0.717, 1.165) is 34.8 Å². The second-order valence-electron chi connectivity index (χ2n) is 6.61. The summed E-state index contributed by atoms with van der Waals surface area (Å²) in [5.74, 6) is 1.11. The first-order chi connectivity index (χ1) is 13.2. The molecule has 0 bridgehead atoms. The van der Waals surface area contributed by atoms with E-state index >= 15 is 0 Å². The molecule has 4 rings (SSSR count). The number of carbonyl (C=O) groups is 1. The Labute approximate surface area is 158 Å². The highest BCUT2D eigenvalue weighted by Gasteiger charge is 2.29. The van der Waals surface area contributed by atoms with Crippen LogP contribution in [-0.2, 0) is 4.74 Å². The zero-order chi connectivity index (χ0) is 18.6. The van der Waals surface area contributed by atoms with E-state index in [0.29, 0.717) is 19.7 Å². The van der Waals surface area contributed by atoms with Crippen LogP contribution in [0.15, 0.2) is 54.9 Å². The number of nitrogens with zero attached hydrogens (tertiary/aromatic N) is 3. The molecule has 0 aliphatic carbocycles. The maximum absolute atomic E-state index is 11.9. The van der Waals surface area contributed by atoms with Gasteiger partial charge in [-0.05, 0) is 25.5 Å². The number of hydrogen-bond donors (Lipinski definition) is 1. The second-order valence-corrected chi connectivity index (χ2v) is 6.61. The summed E-state index contributed by atoms with van der Waals surface area (Å²) in [5, 5.41) is 0. The van der Waals surface area contributed by atoms with E-state index in [-0.39, 0.29) is 12.0 Å². The van der Waals surface area contributed by atoms with Crippen molar-refractivity contribution in [3.63, 3.8) is 0 Å². The van der Waals surface area contributed by atoms with Gasteiger partial charge in [-0.25, -0.2) is 9.78 Å². The fourth-order valence-corrected chi connectivity index (χ4v) is 3.39. The fraction of sp³-hybridized carbons (Fsp3) is 0.286. The summed E-state index contributed by atoms with van der Waals surface area (Å²) in [4.78, 5) is 26.1. The van der Waals surface area contributed by atoms with E-state index in [1.807, 2.05) is 61.8 Å². The number of ether oxygens (including phenoxy) is 1. The van der Waals surface area contributed by atoms with Crippen molar-refractivity contribution in [3.05, 3.63) is 60.7 Å². The van der Waals surface area contributed by atoms with E-state index in [1.165, 1.54) is 0 Å². The molecule has 1 unspecified atom stereocenters. The number of aromatic amines is 1. The summed E-state index contributed by atoms with van der Waals surface area (Å²) in [6, 6.07) is 14.2. The predicted octanol–water partition coefficient (Wildman–Crippen LogP) is 4.08. The van der Waals surface area contributed by atoms with Crippen LogP contribution in [0.25, 0.3) is 22.5 Å². The molecule has 1 aliphatic rings. The molecule has 1 N–H and O–H groups in total. The largest absolute Gasteiger partial charge is 0.450 e. The Morgan fingerprint density at radius 3 is 2.74 bits per heavy atom. The lowest BCUT2D eigenvalue weighted by atomic mass is 10.1. The zero-order valence-corrected chi connectivity index (χ0v) is 15.3. The van der Waals surface area contributed by atoms with Crippen LogP contribution in [-0.4, -0.2) is 45.6 Å². The Bertz CT molecular complexity index is 905. The van der Waals surface area contributed by atoms with E-state index in [1.54, 1.807) is 4.90 Å². The molecule has 0 saturated carbocycles. The third-order valence-electron chi connectivity index (χ3n) is 4.84. The molecule has 2 aromatic heterocycles. The van der Waals surface area contributed by atoms with Crippen LogP contribution in [0.4, 0.5) is 4.79 Å². The lowest BCUT2D eigenvalue weighted by Crippen LogP contribution is -2.29. The predicted molar refractivity (Wildman–Crippen MR) is 103 cm³/mol. The molecule has 6 nitrogen and oxygen atoms in total. The molecule has 0 radical (unpaired) electrons. The molecule has 1 saturated heterocycles. The molecule has 1 fully saturated rings. The maximum Gasteiger partial charge on any atom is 0.409 e. The van der Waals surface area contributed by atoms with Crippen molar-refractivity contribution >= 4 is 6.09 Å². The lowest BCUT2D eigenvalue weighted by molar-refractivity contribution is 0.115. The molecule has 6 heteroatoms. The first kappa shape index (κ1) is 17.3. The topological polar surface area (TPSA) is 71.1 Å². The third kappa shape index (κ3) is 3.69. The summed E-state index contributed by atoms with van der Waals surface area (Å²) in [6.45, 7) is 3.56. The maximum atomic E-state index is 11.9. The van der Waals surface area contributed by atoms with Crippen molar-refractivity contribution < 1.29 is 9.53 Å². The molecule has 1 amide bonds. The van der Waals surface area contributed by atoms with Gasteiger partial charge in [0.15, 0.2) is 0 Å². The molecule has 1 aromatic carbocycles. The Kier molecular flexibility index (Phi) is 4.87. The quantitative estimate of drug-likeness (QED) is 0.759. The Hall–Kier alpha value is -3.15. The minimum Gasteiger partial charge on any atom is -0.450 e. The first-order valence-electron chi connectivity index (χ1n) is 9.23. The Balaban J connectivity index is 1.46. The summed E-state index contributed by atoms with van der Waals surface area (Å²) < 4.78 is 5.08. The van der Waals surface area contributed by atoms with Gasteiger partial charge in [-0.3, -0.25) is 4.98 Å². The number of carbonyl (C=O) groups excluding carboxylic acids is 1. The normalized spacial score (nSPS) is 16.5. The monoisotopic (exact) mass is 362 g/mol. The molecule has 138 valence electrons. The molecule has 1 aliphatic heterocycles. The number of H-pyrrole nitrogens is 1. The summed E-state index contributed by atoms with van der Waals surface area (Å²) in [7, 11) is 0. The van der Waals surface area contributed by atoms with Crippen LogP contribution in [0, 0.1) is 0 Å². The Morgan fingerprint density at radius 2 is 2.00 bits per heavy atom. The van der Waals surface area contributed by atoms with Crippen molar-refractivity contribution in [1.82, 2.24) is 19.9 Å². The van der Waals surface area contributed by atoms with Crippen molar-refractivity contribution in [2.24, 2.45) is 0 Å². The van der Waals surface area contributed by atoms with E-state index in [2.05, 4.69) is 15.0 Å². The highest BCUT2D eigenvalue weighted by atomic mass is 16.6. The van der Waals surface area contributed by atoms with Crippen molar-refractivity contribution in [3.8, 4) is 22.5 Å². The number of nitrogens with one attached hydrogen (secondary N) is 1. The number of pyridine rings is 1. The molecular weight excluding hydrogens is 340 g/mol. The van der Waals surface area contributed by atoms with Gasteiger partial charge in [0.05, 0.1) is 24.2 Å². The van der Waals surface area contributed by atoms with Gasteiger partial charge in [0, 0.05) is 36.3 Å². The minimum absolute atomic E-state index is 0.208. The van der Waals surface area contributed by atoms with E-state index in [9.17, 15) is 4.79 Å². The average molecular weight is 362 g/mol. The average Bonchev–Trinajstić information content (AvgIpc) is 3.39. The molecule has 3 heterocycles. The van der Waals surface area contributed by atoms with Crippen LogP contribution < -0.4 is 0 Å². The Morgan fingerprint density at radius 1 is 1.15 bits per heavy atom. The van der Waals surface area contributed by atoms with Gasteiger partial charge >= 0.3 is 6.09 Å².